The molecule has 13 nitrogen and oxygen atoms in total. The van der Waals surface area contributed by atoms with Crippen molar-refractivity contribution in [2.24, 2.45) is 5.73 Å². The molecule has 4 aromatic rings. The Balaban J connectivity index is 1.46. The van der Waals surface area contributed by atoms with Gasteiger partial charge >= 0.3 is 0 Å². The number of para-hydroxylation sites is 1. The summed E-state index contributed by atoms with van der Waals surface area (Å²) in [6, 6.07) is 5.45. The number of carbonyl (C=O) groups is 1. The number of rotatable bonds is 9. The first kappa shape index (κ1) is 24.2. The maximum absolute atomic E-state index is 12.1. The Bertz CT molecular complexity index is 1440. The Morgan fingerprint density at radius 2 is 2.05 bits per heavy atom. The lowest BCUT2D eigenvalue weighted by Gasteiger charge is -2.34. The van der Waals surface area contributed by atoms with E-state index in [0.717, 1.165) is 0 Å². The second kappa shape index (κ2) is 9.52. The van der Waals surface area contributed by atoms with Crippen molar-refractivity contribution in [1.29, 1.82) is 0 Å². The van der Waals surface area contributed by atoms with Crippen molar-refractivity contribution >= 4 is 29.0 Å². The third kappa shape index (κ3) is 4.69. The number of amides is 1. The molecule has 1 amide bonds. The summed E-state index contributed by atoms with van der Waals surface area (Å²) in [5.74, 6) is 0.336. The smallest absolute Gasteiger partial charge is 0.254 e. The second-order valence-electron chi connectivity index (χ2n) is 8.82. The van der Waals surface area contributed by atoms with Gasteiger partial charge in [0.15, 0.2) is 11.4 Å². The number of carbonyl (C=O) groups excluding carboxylic acids is 1. The number of aromatic nitrogens is 5. The van der Waals surface area contributed by atoms with Gasteiger partial charge in [0.25, 0.3) is 5.91 Å². The van der Waals surface area contributed by atoms with Crippen molar-refractivity contribution in [1.82, 2.24) is 24.7 Å². The standard InChI is InChI=1S/C24H26N8O5/c1-13(2)32-9-14(7-27-32)28-23-26-8-16(20(25)33)21(31-23)29-17-6-4-5-15(19(17)35-3)22-30-18(10-37-22)24(34)11-36-12-24/h4-10,13,34H,11-12H2,1-3H3,(H2,25,33)(H2,26,28,29,31). The number of benzene rings is 1. The molecule has 0 aliphatic carbocycles. The number of hydrogen-bond acceptors (Lipinski definition) is 11. The normalized spacial score (nSPS) is 14.3. The minimum Gasteiger partial charge on any atom is -0.494 e. The molecule has 0 unspecified atom stereocenters. The molecule has 1 aliphatic rings. The van der Waals surface area contributed by atoms with E-state index in [9.17, 15) is 9.90 Å². The molecule has 1 aromatic carbocycles. The van der Waals surface area contributed by atoms with Crippen molar-refractivity contribution in [3.8, 4) is 17.2 Å². The molecule has 1 saturated heterocycles. The highest BCUT2D eigenvalue weighted by Gasteiger charge is 2.41. The Hall–Kier alpha value is -4.49. The van der Waals surface area contributed by atoms with Gasteiger partial charge in [0.2, 0.25) is 11.8 Å². The summed E-state index contributed by atoms with van der Waals surface area (Å²) < 4.78 is 18.2. The summed E-state index contributed by atoms with van der Waals surface area (Å²) in [6.45, 7) is 4.33. The molecule has 1 aliphatic heterocycles. The molecule has 5 N–H and O–H groups in total. The molecule has 0 spiro atoms. The fourth-order valence-electron chi connectivity index (χ4n) is 3.74. The molecule has 1 fully saturated rings. The number of primary amides is 1. The van der Waals surface area contributed by atoms with Crippen LogP contribution in [0.15, 0.2) is 47.5 Å². The van der Waals surface area contributed by atoms with Gasteiger partial charge in [-0.15, -0.1) is 0 Å². The van der Waals surface area contributed by atoms with E-state index < -0.39 is 11.5 Å². The molecule has 0 saturated carbocycles. The van der Waals surface area contributed by atoms with Gasteiger partial charge in [0, 0.05) is 18.4 Å². The van der Waals surface area contributed by atoms with Crippen LogP contribution in [0.1, 0.15) is 35.9 Å². The number of nitrogens with zero attached hydrogens (tertiary/aromatic N) is 5. The first-order chi connectivity index (χ1) is 17.8. The van der Waals surface area contributed by atoms with E-state index in [1.54, 1.807) is 29.1 Å². The minimum absolute atomic E-state index is 0.0847. The average molecular weight is 507 g/mol. The maximum atomic E-state index is 12.1. The van der Waals surface area contributed by atoms with E-state index in [-0.39, 0.29) is 42.5 Å². The summed E-state index contributed by atoms with van der Waals surface area (Å²) in [5.41, 5.74) is 6.55. The van der Waals surface area contributed by atoms with Gasteiger partial charge in [0.05, 0.1) is 43.5 Å². The zero-order chi connectivity index (χ0) is 26.2. The third-order valence-electron chi connectivity index (χ3n) is 5.81. The second-order valence-corrected chi connectivity index (χ2v) is 8.82. The van der Waals surface area contributed by atoms with Crippen LogP contribution in [-0.2, 0) is 10.3 Å². The van der Waals surface area contributed by atoms with Gasteiger partial charge in [-0.2, -0.15) is 10.1 Å². The Kier molecular flexibility index (Phi) is 6.23. The fourth-order valence-corrected chi connectivity index (χ4v) is 3.74. The predicted molar refractivity (Wildman–Crippen MR) is 133 cm³/mol. The number of nitrogens with two attached hydrogens (primary N) is 1. The summed E-state index contributed by atoms with van der Waals surface area (Å²) in [6.07, 6.45) is 6.21. The van der Waals surface area contributed by atoms with Gasteiger partial charge in [0.1, 0.15) is 23.3 Å². The van der Waals surface area contributed by atoms with Gasteiger partial charge in [-0.1, -0.05) is 6.07 Å². The number of ether oxygens (including phenoxy) is 2. The maximum Gasteiger partial charge on any atom is 0.254 e. The summed E-state index contributed by atoms with van der Waals surface area (Å²) in [4.78, 5) is 25.2. The largest absolute Gasteiger partial charge is 0.494 e. The lowest BCUT2D eigenvalue weighted by molar-refractivity contribution is -0.186. The molecule has 3 aromatic heterocycles. The van der Waals surface area contributed by atoms with Gasteiger partial charge < -0.3 is 35.4 Å². The van der Waals surface area contributed by atoms with E-state index in [1.165, 1.54) is 19.6 Å². The van der Waals surface area contributed by atoms with Crippen molar-refractivity contribution in [2.75, 3.05) is 31.0 Å². The van der Waals surface area contributed by atoms with Crippen molar-refractivity contribution in [2.45, 2.75) is 25.5 Å². The lowest BCUT2D eigenvalue weighted by atomic mass is 9.99. The summed E-state index contributed by atoms with van der Waals surface area (Å²) in [5, 5.41) is 21.0. The molecule has 0 radical (unpaired) electrons. The minimum atomic E-state index is -1.17. The van der Waals surface area contributed by atoms with E-state index in [4.69, 9.17) is 19.6 Å². The Morgan fingerprint density at radius 3 is 2.70 bits per heavy atom. The van der Waals surface area contributed by atoms with Crippen molar-refractivity contribution < 1.29 is 23.8 Å². The van der Waals surface area contributed by atoms with E-state index in [1.807, 2.05) is 20.0 Å². The first-order valence-electron chi connectivity index (χ1n) is 11.5. The number of aliphatic hydroxyl groups is 1. The van der Waals surface area contributed by atoms with Crippen LogP contribution in [0.5, 0.6) is 5.75 Å². The lowest BCUT2D eigenvalue weighted by Crippen LogP contribution is -2.46. The molecular formula is C24H26N8O5. The topological polar surface area (TPSA) is 175 Å². The van der Waals surface area contributed by atoms with Crippen LogP contribution in [-0.4, -0.2) is 56.1 Å². The summed E-state index contributed by atoms with van der Waals surface area (Å²) in [7, 11) is 1.50. The predicted octanol–water partition coefficient (Wildman–Crippen LogP) is 2.72. The molecule has 13 heteroatoms. The first-order valence-corrected chi connectivity index (χ1v) is 11.5. The quantitative estimate of drug-likeness (QED) is 0.262. The van der Waals surface area contributed by atoms with Crippen LogP contribution in [0.25, 0.3) is 11.5 Å². The summed E-state index contributed by atoms with van der Waals surface area (Å²) >= 11 is 0. The van der Waals surface area contributed by atoms with Crippen molar-refractivity contribution in [3.05, 3.63) is 54.3 Å². The number of oxazole rings is 1. The van der Waals surface area contributed by atoms with Crippen LogP contribution in [0.4, 0.5) is 23.1 Å². The Morgan fingerprint density at radius 1 is 1.24 bits per heavy atom. The molecule has 37 heavy (non-hydrogen) atoms. The molecule has 5 rings (SSSR count). The highest BCUT2D eigenvalue weighted by molar-refractivity contribution is 5.98. The van der Waals surface area contributed by atoms with E-state index >= 15 is 0 Å². The molecule has 4 heterocycles. The highest BCUT2D eigenvalue weighted by Crippen LogP contribution is 2.39. The van der Waals surface area contributed by atoms with Gasteiger partial charge in [-0.05, 0) is 26.0 Å². The van der Waals surface area contributed by atoms with Crippen molar-refractivity contribution in [3.63, 3.8) is 0 Å². The van der Waals surface area contributed by atoms with Crippen LogP contribution in [0, 0.1) is 0 Å². The Labute approximate surface area is 211 Å². The third-order valence-corrected chi connectivity index (χ3v) is 5.81. The van der Waals surface area contributed by atoms with Crippen LogP contribution < -0.4 is 21.1 Å². The number of methoxy groups -OCH3 is 1. The van der Waals surface area contributed by atoms with Crippen LogP contribution in [0.3, 0.4) is 0 Å². The monoisotopic (exact) mass is 506 g/mol. The molecule has 0 atom stereocenters. The molecular weight excluding hydrogens is 480 g/mol. The van der Waals surface area contributed by atoms with Gasteiger partial charge in [-0.3, -0.25) is 9.48 Å². The van der Waals surface area contributed by atoms with E-state index in [2.05, 4.69) is 30.7 Å². The van der Waals surface area contributed by atoms with Gasteiger partial charge in [-0.25, -0.2) is 9.97 Å². The fraction of sp³-hybridized carbons (Fsp3) is 0.292. The van der Waals surface area contributed by atoms with Crippen LogP contribution in [0.2, 0.25) is 0 Å². The van der Waals surface area contributed by atoms with E-state index in [0.29, 0.717) is 28.4 Å². The number of anilines is 4. The molecule has 192 valence electrons. The zero-order valence-corrected chi connectivity index (χ0v) is 20.4. The average Bonchev–Trinajstić information content (AvgIpc) is 3.53. The number of hydrogen-bond donors (Lipinski definition) is 4. The SMILES string of the molecule is COc1c(Nc2nc(Nc3cnn(C(C)C)c3)ncc2C(N)=O)cccc1-c1nc(C2(O)COC2)co1. The van der Waals surface area contributed by atoms with Crippen LogP contribution >= 0.6 is 0 Å². The zero-order valence-electron chi connectivity index (χ0n) is 20.4. The molecule has 0 bridgehead atoms. The number of nitrogens with one attached hydrogen (secondary N) is 2. The highest BCUT2D eigenvalue weighted by atomic mass is 16.5.